The summed E-state index contributed by atoms with van der Waals surface area (Å²) in [6.45, 7) is 1.02. The van der Waals surface area contributed by atoms with Gasteiger partial charge >= 0.3 is 6.18 Å². The first-order valence-corrected chi connectivity index (χ1v) is 8.45. The Morgan fingerprint density at radius 3 is 2.33 bits per heavy atom. The number of halogens is 4. The van der Waals surface area contributed by atoms with Gasteiger partial charge in [0.15, 0.2) is 0 Å². The molecule has 2 N–H and O–H groups in total. The van der Waals surface area contributed by atoms with Crippen LogP contribution in [0.4, 0.5) is 13.2 Å². The summed E-state index contributed by atoms with van der Waals surface area (Å²) in [6.07, 6.45) is -3.48. The topological polar surface area (TPSA) is 87.2 Å². The van der Waals surface area contributed by atoms with Crippen molar-refractivity contribution in [2.45, 2.75) is 23.9 Å². The Morgan fingerprint density at radius 2 is 1.88 bits per heavy atom. The van der Waals surface area contributed by atoms with Crippen LogP contribution in [0.15, 0.2) is 23.1 Å². The fraction of sp³-hybridized carbons (Fsp3) is 0.500. The van der Waals surface area contributed by atoms with E-state index < -0.39 is 27.3 Å². The van der Waals surface area contributed by atoms with Gasteiger partial charge in [-0.2, -0.15) is 22.7 Å². The quantitative estimate of drug-likeness (QED) is 0.867. The molecule has 1 aromatic rings. The Morgan fingerprint density at radius 1 is 1.29 bits per heavy atom. The lowest BCUT2D eigenvalue weighted by Gasteiger charge is -2.30. The van der Waals surface area contributed by atoms with Crippen molar-refractivity contribution in [1.82, 2.24) is 4.31 Å². The van der Waals surface area contributed by atoms with Crippen LogP contribution in [0.3, 0.4) is 0 Å². The molecule has 1 heterocycles. The smallest absolute Gasteiger partial charge is 0.330 e. The fourth-order valence-corrected chi connectivity index (χ4v) is 4.05. The average molecular weight is 384 g/mol. The number of nitrogens with zero attached hydrogens (tertiary/aromatic N) is 2. The molecule has 0 bridgehead atoms. The molecular formula is C14H17ClF3N3O2S. The summed E-state index contributed by atoms with van der Waals surface area (Å²) < 4.78 is 64.6. The Kier molecular flexibility index (Phi) is 6.64. The molecule has 1 aromatic carbocycles. The van der Waals surface area contributed by atoms with Crippen molar-refractivity contribution in [3.8, 4) is 6.07 Å². The highest BCUT2D eigenvalue weighted by atomic mass is 35.5. The number of hydrogen-bond donors (Lipinski definition) is 1. The summed E-state index contributed by atoms with van der Waals surface area (Å²) in [5.41, 5.74) is 3.72. The van der Waals surface area contributed by atoms with Crippen LogP contribution in [0.5, 0.6) is 0 Å². The minimum absolute atomic E-state index is 0. The minimum Gasteiger partial charge on any atom is -0.330 e. The third-order valence-electron chi connectivity index (χ3n) is 3.96. The van der Waals surface area contributed by atoms with Crippen LogP contribution in [0.2, 0.25) is 0 Å². The standard InChI is InChI=1S/C14H16F3N3O2S.ClH/c15-14(16,17)13-2-1-12(7-11(13)9-19)23(21,22)20-5-3-10(8-18)4-6-20;/h1-2,7,10H,3-6,8,18H2;1H. The van der Waals surface area contributed by atoms with Crippen LogP contribution in [-0.4, -0.2) is 32.4 Å². The van der Waals surface area contributed by atoms with Gasteiger partial charge in [-0.05, 0) is 43.5 Å². The van der Waals surface area contributed by atoms with Crippen LogP contribution in [-0.2, 0) is 16.2 Å². The Hall–Kier alpha value is -1.34. The highest BCUT2D eigenvalue weighted by molar-refractivity contribution is 7.89. The second-order valence-electron chi connectivity index (χ2n) is 5.40. The van der Waals surface area contributed by atoms with E-state index in [0.29, 0.717) is 25.5 Å². The van der Waals surface area contributed by atoms with Gasteiger partial charge in [0.25, 0.3) is 0 Å². The van der Waals surface area contributed by atoms with Gasteiger partial charge in [-0.1, -0.05) is 0 Å². The third-order valence-corrected chi connectivity index (χ3v) is 5.86. The van der Waals surface area contributed by atoms with Gasteiger partial charge < -0.3 is 5.73 Å². The molecule has 2 rings (SSSR count). The van der Waals surface area contributed by atoms with E-state index in [-0.39, 0.29) is 36.3 Å². The van der Waals surface area contributed by atoms with Crippen molar-refractivity contribution in [1.29, 1.82) is 5.26 Å². The lowest BCUT2D eigenvalue weighted by atomic mass is 9.99. The zero-order valence-corrected chi connectivity index (χ0v) is 14.2. The van der Waals surface area contributed by atoms with Crippen LogP contribution < -0.4 is 5.73 Å². The normalized spacial score (nSPS) is 17.1. The Balaban J connectivity index is 0.00000288. The zero-order chi connectivity index (χ0) is 17.3. The molecular weight excluding hydrogens is 367 g/mol. The highest BCUT2D eigenvalue weighted by Crippen LogP contribution is 2.33. The molecule has 24 heavy (non-hydrogen) atoms. The first kappa shape index (κ1) is 20.7. The van der Waals surface area contributed by atoms with E-state index in [4.69, 9.17) is 11.0 Å². The van der Waals surface area contributed by atoms with Crippen LogP contribution in [0.25, 0.3) is 0 Å². The van der Waals surface area contributed by atoms with E-state index in [1.54, 1.807) is 0 Å². The molecule has 0 aliphatic carbocycles. The van der Waals surface area contributed by atoms with Gasteiger partial charge in [-0.15, -0.1) is 12.4 Å². The van der Waals surface area contributed by atoms with E-state index in [1.165, 1.54) is 10.4 Å². The number of piperidine rings is 1. The maximum Gasteiger partial charge on any atom is 0.417 e. The van der Waals surface area contributed by atoms with Gasteiger partial charge in [-0.3, -0.25) is 0 Å². The van der Waals surface area contributed by atoms with Crippen molar-refractivity contribution in [3.63, 3.8) is 0 Å². The van der Waals surface area contributed by atoms with Crippen molar-refractivity contribution in [3.05, 3.63) is 29.3 Å². The van der Waals surface area contributed by atoms with Gasteiger partial charge in [0.05, 0.1) is 22.1 Å². The molecule has 5 nitrogen and oxygen atoms in total. The first-order valence-electron chi connectivity index (χ1n) is 7.01. The summed E-state index contributed by atoms with van der Waals surface area (Å²) in [7, 11) is -3.91. The molecule has 1 saturated heterocycles. The lowest BCUT2D eigenvalue weighted by Crippen LogP contribution is -2.40. The lowest BCUT2D eigenvalue weighted by molar-refractivity contribution is -0.137. The average Bonchev–Trinajstić information content (AvgIpc) is 2.53. The van der Waals surface area contributed by atoms with Crippen molar-refractivity contribution < 1.29 is 21.6 Å². The SMILES string of the molecule is Cl.N#Cc1cc(S(=O)(=O)N2CCC(CN)CC2)ccc1C(F)(F)F. The number of benzene rings is 1. The van der Waals surface area contributed by atoms with Crippen LogP contribution >= 0.6 is 12.4 Å². The third kappa shape index (κ3) is 4.19. The molecule has 1 aliphatic heterocycles. The molecule has 0 amide bonds. The first-order chi connectivity index (χ1) is 10.7. The van der Waals surface area contributed by atoms with E-state index >= 15 is 0 Å². The molecule has 0 atom stereocenters. The summed E-state index contributed by atoms with van der Waals surface area (Å²) in [5.74, 6) is 0.253. The minimum atomic E-state index is -4.70. The highest BCUT2D eigenvalue weighted by Gasteiger charge is 2.35. The summed E-state index contributed by atoms with van der Waals surface area (Å²) in [4.78, 5) is -0.298. The number of nitriles is 1. The maximum atomic E-state index is 12.8. The van der Waals surface area contributed by atoms with Gasteiger partial charge in [0.2, 0.25) is 10.0 Å². The van der Waals surface area contributed by atoms with Crippen molar-refractivity contribution in [2.75, 3.05) is 19.6 Å². The molecule has 0 unspecified atom stereocenters. The second-order valence-corrected chi connectivity index (χ2v) is 7.34. The summed E-state index contributed by atoms with van der Waals surface area (Å²) in [6, 6.07) is 3.73. The molecule has 0 spiro atoms. The summed E-state index contributed by atoms with van der Waals surface area (Å²) >= 11 is 0. The Bertz CT molecular complexity index is 724. The summed E-state index contributed by atoms with van der Waals surface area (Å²) in [5, 5.41) is 8.88. The number of rotatable bonds is 3. The Labute approximate surface area is 144 Å². The number of nitrogens with two attached hydrogens (primary N) is 1. The van der Waals surface area contributed by atoms with Crippen LogP contribution in [0, 0.1) is 17.2 Å². The molecule has 0 radical (unpaired) electrons. The molecule has 1 aliphatic rings. The number of alkyl halides is 3. The predicted octanol–water partition coefficient (Wildman–Crippen LogP) is 2.36. The van der Waals surface area contributed by atoms with Crippen molar-refractivity contribution in [2.24, 2.45) is 11.7 Å². The monoisotopic (exact) mass is 383 g/mol. The number of hydrogen-bond acceptors (Lipinski definition) is 4. The molecule has 134 valence electrons. The van der Waals surface area contributed by atoms with Gasteiger partial charge in [-0.25, -0.2) is 8.42 Å². The molecule has 0 aromatic heterocycles. The van der Waals surface area contributed by atoms with Gasteiger partial charge in [0.1, 0.15) is 0 Å². The van der Waals surface area contributed by atoms with E-state index in [0.717, 1.165) is 12.1 Å². The van der Waals surface area contributed by atoms with Crippen LogP contribution in [0.1, 0.15) is 24.0 Å². The van der Waals surface area contributed by atoms with Crippen molar-refractivity contribution >= 4 is 22.4 Å². The van der Waals surface area contributed by atoms with Gasteiger partial charge in [0, 0.05) is 13.1 Å². The molecule has 0 saturated carbocycles. The zero-order valence-electron chi connectivity index (χ0n) is 12.6. The maximum absolute atomic E-state index is 12.8. The van der Waals surface area contributed by atoms with E-state index in [1.807, 2.05) is 0 Å². The predicted molar refractivity (Wildman–Crippen MR) is 83.9 cm³/mol. The molecule has 10 heteroatoms. The second kappa shape index (κ2) is 7.70. The fourth-order valence-electron chi connectivity index (χ4n) is 2.56. The largest absolute Gasteiger partial charge is 0.417 e. The van der Waals surface area contributed by atoms with E-state index in [9.17, 15) is 21.6 Å². The molecule has 1 fully saturated rings. The number of sulfonamides is 1. The van der Waals surface area contributed by atoms with E-state index in [2.05, 4.69) is 0 Å².